The first kappa shape index (κ1) is 20.3. The van der Waals surface area contributed by atoms with Crippen molar-refractivity contribution < 1.29 is 17.6 Å². The highest BCUT2D eigenvalue weighted by molar-refractivity contribution is 7.89. The zero-order valence-corrected chi connectivity index (χ0v) is 17.0. The van der Waals surface area contributed by atoms with E-state index in [4.69, 9.17) is 4.42 Å². The molecular weight excluding hydrogens is 408 g/mol. The van der Waals surface area contributed by atoms with Gasteiger partial charge in [-0.1, -0.05) is 12.1 Å². The molecule has 30 heavy (non-hydrogen) atoms. The van der Waals surface area contributed by atoms with Crippen LogP contribution in [0.2, 0.25) is 0 Å². The molecule has 9 nitrogen and oxygen atoms in total. The molecule has 0 saturated carbocycles. The van der Waals surface area contributed by atoms with Crippen LogP contribution in [0.25, 0.3) is 11.1 Å². The predicted molar refractivity (Wildman–Crippen MR) is 109 cm³/mol. The maximum absolute atomic E-state index is 12.7. The Hall–Kier alpha value is -2.98. The van der Waals surface area contributed by atoms with Crippen LogP contribution >= 0.6 is 0 Å². The molecule has 1 aliphatic rings. The van der Waals surface area contributed by atoms with Crippen molar-refractivity contribution in [3.63, 3.8) is 0 Å². The summed E-state index contributed by atoms with van der Waals surface area (Å²) in [6.45, 7) is 1.10. The highest BCUT2D eigenvalue weighted by atomic mass is 32.2. The Bertz CT molecular complexity index is 1190. The molecule has 1 N–H and O–H groups in total. The largest absolute Gasteiger partial charge is 0.420 e. The fraction of sp³-hybridized carbons (Fsp3) is 0.350. The Morgan fingerprint density at radius 1 is 1.17 bits per heavy atom. The fourth-order valence-corrected chi connectivity index (χ4v) is 5.06. The van der Waals surface area contributed by atoms with Crippen molar-refractivity contribution in [3.8, 4) is 0 Å². The molecule has 1 amide bonds. The van der Waals surface area contributed by atoms with Crippen LogP contribution in [0.5, 0.6) is 0 Å². The van der Waals surface area contributed by atoms with Gasteiger partial charge >= 0.3 is 5.76 Å². The summed E-state index contributed by atoms with van der Waals surface area (Å²) in [5, 5.41) is 2.85. The second kappa shape index (κ2) is 8.41. The zero-order valence-electron chi connectivity index (χ0n) is 16.2. The second-order valence-corrected chi connectivity index (χ2v) is 9.20. The summed E-state index contributed by atoms with van der Waals surface area (Å²) in [6.07, 6.45) is 4.18. The number of hydrogen-bond donors (Lipinski definition) is 1. The lowest BCUT2D eigenvalue weighted by molar-refractivity contribution is -0.121. The lowest BCUT2D eigenvalue weighted by Gasteiger charge is -2.31. The van der Waals surface area contributed by atoms with Crippen LogP contribution in [0.1, 0.15) is 12.8 Å². The van der Waals surface area contributed by atoms with Crippen LogP contribution in [-0.4, -0.2) is 47.8 Å². The highest BCUT2D eigenvalue weighted by Gasteiger charge is 2.29. The molecule has 1 aromatic carbocycles. The van der Waals surface area contributed by atoms with Gasteiger partial charge in [0.2, 0.25) is 15.9 Å². The average Bonchev–Trinajstić information content (AvgIpc) is 3.08. The summed E-state index contributed by atoms with van der Waals surface area (Å²) in [5.41, 5.74) is 1.02. The molecule has 0 unspecified atom stereocenters. The number of fused-ring (bicyclic) bond motifs is 1. The summed E-state index contributed by atoms with van der Waals surface area (Å²) in [5.74, 6) is -0.679. The fourth-order valence-electron chi connectivity index (χ4n) is 3.62. The SMILES string of the molecule is O=C(Cn1c(=O)oc2ccccc21)NCC1CCN(S(=O)(=O)c2cccnc2)CC1. The Balaban J connectivity index is 1.30. The Morgan fingerprint density at radius 2 is 1.93 bits per heavy atom. The summed E-state index contributed by atoms with van der Waals surface area (Å²) in [7, 11) is -3.54. The minimum atomic E-state index is -3.54. The lowest BCUT2D eigenvalue weighted by atomic mass is 9.98. The number of nitrogens with zero attached hydrogens (tertiary/aromatic N) is 3. The third-order valence-corrected chi connectivity index (χ3v) is 7.19. The van der Waals surface area contributed by atoms with Crippen molar-refractivity contribution in [2.75, 3.05) is 19.6 Å². The molecule has 3 heterocycles. The van der Waals surface area contributed by atoms with Gasteiger partial charge in [-0.3, -0.25) is 14.3 Å². The van der Waals surface area contributed by atoms with E-state index < -0.39 is 15.8 Å². The molecular formula is C20H22N4O5S. The molecule has 1 aliphatic heterocycles. The van der Waals surface area contributed by atoms with E-state index in [9.17, 15) is 18.0 Å². The molecule has 1 fully saturated rings. The van der Waals surface area contributed by atoms with Crippen molar-refractivity contribution in [1.82, 2.24) is 19.2 Å². The van der Waals surface area contributed by atoms with Crippen LogP contribution < -0.4 is 11.1 Å². The maximum atomic E-state index is 12.7. The number of oxazole rings is 1. The normalized spacial score (nSPS) is 16.0. The van der Waals surface area contributed by atoms with E-state index in [0.29, 0.717) is 43.6 Å². The number of amides is 1. The highest BCUT2D eigenvalue weighted by Crippen LogP contribution is 2.23. The van der Waals surface area contributed by atoms with Gasteiger partial charge in [0.05, 0.1) is 5.52 Å². The number of hydrogen-bond acceptors (Lipinski definition) is 6. The molecule has 158 valence electrons. The van der Waals surface area contributed by atoms with E-state index in [0.717, 1.165) is 0 Å². The van der Waals surface area contributed by atoms with Gasteiger partial charge in [-0.05, 0) is 43.0 Å². The van der Waals surface area contributed by atoms with Crippen LogP contribution in [0, 0.1) is 5.92 Å². The number of rotatable bonds is 6. The third-order valence-electron chi connectivity index (χ3n) is 5.31. The minimum Gasteiger partial charge on any atom is -0.408 e. The van der Waals surface area contributed by atoms with Crippen LogP contribution in [0.4, 0.5) is 0 Å². The standard InChI is InChI=1S/C20H22N4O5S/c25-19(14-24-17-5-1-2-6-18(17)29-20(24)26)22-12-15-7-10-23(11-8-15)30(27,28)16-4-3-9-21-13-16/h1-6,9,13,15H,7-8,10-12,14H2,(H,22,25). The monoisotopic (exact) mass is 430 g/mol. The minimum absolute atomic E-state index is 0.121. The molecule has 0 atom stereocenters. The number of para-hydroxylation sites is 2. The molecule has 0 radical (unpaired) electrons. The Kier molecular flexibility index (Phi) is 5.69. The summed E-state index contributed by atoms with van der Waals surface area (Å²) >= 11 is 0. The number of pyridine rings is 1. The number of carbonyl (C=O) groups is 1. The number of nitrogens with one attached hydrogen (secondary N) is 1. The average molecular weight is 430 g/mol. The summed E-state index contributed by atoms with van der Waals surface area (Å²) in [4.78, 5) is 28.4. The first-order valence-corrected chi connectivity index (χ1v) is 11.1. The van der Waals surface area contributed by atoms with E-state index in [1.54, 1.807) is 30.3 Å². The van der Waals surface area contributed by atoms with Gasteiger partial charge in [0.15, 0.2) is 5.58 Å². The van der Waals surface area contributed by atoms with Gasteiger partial charge in [-0.25, -0.2) is 13.2 Å². The molecule has 10 heteroatoms. The number of aromatic nitrogens is 2. The van der Waals surface area contributed by atoms with E-state index in [1.807, 2.05) is 0 Å². The molecule has 3 aromatic rings. The summed E-state index contributed by atoms with van der Waals surface area (Å²) < 4.78 is 33.2. The van der Waals surface area contributed by atoms with Crippen LogP contribution in [-0.2, 0) is 21.4 Å². The predicted octanol–water partition coefficient (Wildman–Crippen LogP) is 1.21. The molecule has 0 spiro atoms. The van der Waals surface area contributed by atoms with Gasteiger partial charge < -0.3 is 9.73 Å². The first-order chi connectivity index (χ1) is 14.4. The Morgan fingerprint density at radius 3 is 2.67 bits per heavy atom. The molecule has 0 aliphatic carbocycles. The Labute approximate surface area is 173 Å². The van der Waals surface area contributed by atoms with E-state index in [-0.39, 0.29) is 23.3 Å². The van der Waals surface area contributed by atoms with Gasteiger partial charge in [-0.15, -0.1) is 0 Å². The second-order valence-electron chi connectivity index (χ2n) is 7.26. The van der Waals surface area contributed by atoms with Gasteiger partial charge in [0.1, 0.15) is 11.4 Å². The van der Waals surface area contributed by atoms with Gasteiger partial charge in [0.25, 0.3) is 0 Å². The molecule has 2 aromatic heterocycles. The first-order valence-electron chi connectivity index (χ1n) is 9.70. The van der Waals surface area contributed by atoms with Crippen LogP contribution in [0.15, 0.2) is 62.9 Å². The molecule has 1 saturated heterocycles. The van der Waals surface area contributed by atoms with Crippen LogP contribution in [0.3, 0.4) is 0 Å². The lowest BCUT2D eigenvalue weighted by Crippen LogP contribution is -2.42. The number of carbonyl (C=O) groups excluding carboxylic acids is 1. The number of sulfonamides is 1. The van der Waals surface area contributed by atoms with Crippen molar-refractivity contribution in [2.24, 2.45) is 5.92 Å². The summed E-state index contributed by atoms with van der Waals surface area (Å²) in [6, 6.07) is 10.1. The van der Waals surface area contributed by atoms with E-state index in [1.165, 1.54) is 27.3 Å². The molecule has 0 bridgehead atoms. The quantitative estimate of drug-likeness (QED) is 0.629. The molecule has 4 rings (SSSR count). The van der Waals surface area contributed by atoms with Gasteiger partial charge in [-0.2, -0.15) is 4.31 Å². The van der Waals surface area contributed by atoms with Crippen molar-refractivity contribution in [1.29, 1.82) is 0 Å². The van der Waals surface area contributed by atoms with Crippen molar-refractivity contribution in [3.05, 3.63) is 59.3 Å². The smallest absolute Gasteiger partial charge is 0.408 e. The number of piperidine rings is 1. The zero-order chi connectivity index (χ0) is 21.1. The van der Waals surface area contributed by atoms with Crippen molar-refractivity contribution in [2.45, 2.75) is 24.3 Å². The topological polar surface area (TPSA) is 115 Å². The maximum Gasteiger partial charge on any atom is 0.420 e. The number of benzene rings is 1. The van der Waals surface area contributed by atoms with Gasteiger partial charge in [0, 0.05) is 32.0 Å². The third kappa shape index (κ3) is 4.14. The van der Waals surface area contributed by atoms with E-state index >= 15 is 0 Å². The van der Waals surface area contributed by atoms with E-state index in [2.05, 4.69) is 10.3 Å². The van der Waals surface area contributed by atoms with Crippen molar-refractivity contribution >= 4 is 27.0 Å².